The summed E-state index contributed by atoms with van der Waals surface area (Å²) in [6.45, 7) is 1.80. The van der Waals surface area contributed by atoms with Crippen molar-refractivity contribution in [3.8, 4) is 5.75 Å². The maximum absolute atomic E-state index is 11.5. The lowest BCUT2D eigenvalue weighted by atomic mass is 10.2. The standard InChI is InChI=1S/C18H17N3O4S2/c1-3-17(22)19-12-4-6-14-16(9-12)27-18(20-14)26-10-11-8-13(21(23)24)5-7-15(11)25-2/h4-9H,3,10H2,1-2H3,(H,19,22). The van der Waals surface area contributed by atoms with Crippen LogP contribution in [-0.2, 0) is 10.5 Å². The molecule has 0 bridgehead atoms. The number of thioether (sulfide) groups is 1. The molecule has 1 N–H and O–H groups in total. The third kappa shape index (κ3) is 4.55. The largest absolute Gasteiger partial charge is 0.496 e. The van der Waals surface area contributed by atoms with E-state index in [9.17, 15) is 14.9 Å². The molecule has 1 amide bonds. The van der Waals surface area contributed by atoms with Gasteiger partial charge in [-0.15, -0.1) is 11.3 Å². The summed E-state index contributed by atoms with van der Waals surface area (Å²) in [5, 5.41) is 13.8. The average Bonchev–Trinajstić information content (AvgIpc) is 3.08. The lowest BCUT2D eigenvalue weighted by Crippen LogP contribution is -2.08. The molecule has 0 aliphatic rings. The molecule has 0 atom stereocenters. The summed E-state index contributed by atoms with van der Waals surface area (Å²) < 4.78 is 7.11. The molecule has 0 saturated carbocycles. The van der Waals surface area contributed by atoms with E-state index in [1.165, 1.54) is 35.2 Å². The summed E-state index contributed by atoms with van der Waals surface area (Å²) in [6.07, 6.45) is 0.423. The number of amides is 1. The van der Waals surface area contributed by atoms with Crippen molar-refractivity contribution >= 4 is 50.6 Å². The lowest BCUT2D eigenvalue weighted by molar-refractivity contribution is -0.384. The number of benzene rings is 2. The number of anilines is 1. The summed E-state index contributed by atoms with van der Waals surface area (Å²) >= 11 is 3.01. The number of methoxy groups -OCH3 is 1. The third-order valence-corrected chi connectivity index (χ3v) is 6.01. The maximum Gasteiger partial charge on any atom is 0.270 e. The predicted molar refractivity (Wildman–Crippen MR) is 108 cm³/mol. The number of nitrogens with zero attached hydrogens (tertiary/aromatic N) is 2. The van der Waals surface area contributed by atoms with Crippen LogP contribution in [0.4, 0.5) is 11.4 Å². The van der Waals surface area contributed by atoms with Crippen LogP contribution in [0.1, 0.15) is 18.9 Å². The topological polar surface area (TPSA) is 94.4 Å². The van der Waals surface area contributed by atoms with Crippen molar-refractivity contribution in [3.05, 3.63) is 52.1 Å². The number of hydrogen-bond acceptors (Lipinski definition) is 7. The van der Waals surface area contributed by atoms with Crippen LogP contribution in [0.25, 0.3) is 10.2 Å². The molecule has 140 valence electrons. The molecule has 0 unspecified atom stereocenters. The number of nitro groups is 1. The van der Waals surface area contributed by atoms with Gasteiger partial charge in [0, 0.05) is 35.6 Å². The number of aromatic nitrogens is 1. The van der Waals surface area contributed by atoms with Gasteiger partial charge in [-0.05, 0) is 24.3 Å². The van der Waals surface area contributed by atoms with Crippen LogP contribution in [0.5, 0.6) is 5.75 Å². The van der Waals surface area contributed by atoms with Crippen molar-refractivity contribution in [2.24, 2.45) is 0 Å². The van der Waals surface area contributed by atoms with E-state index in [-0.39, 0.29) is 11.6 Å². The highest BCUT2D eigenvalue weighted by Crippen LogP contribution is 2.35. The Morgan fingerprint density at radius 2 is 2.15 bits per heavy atom. The molecular weight excluding hydrogens is 386 g/mol. The van der Waals surface area contributed by atoms with Gasteiger partial charge in [0.2, 0.25) is 5.91 Å². The summed E-state index contributed by atoms with van der Waals surface area (Å²) in [6, 6.07) is 10.2. The fourth-order valence-corrected chi connectivity index (χ4v) is 4.51. The lowest BCUT2D eigenvalue weighted by Gasteiger charge is -2.06. The number of ether oxygens (including phenoxy) is 1. The number of carbonyl (C=O) groups is 1. The fraction of sp³-hybridized carbons (Fsp3) is 0.222. The first kappa shape index (κ1) is 19.1. The Labute approximate surface area is 163 Å². The number of non-ortho nitro benzene ring substituents is 1. The highest BCUT2D eigenvalue weighted by Gasteiger charge is 2.13. The van der Waals surface area contributed by atoms with Gasteiger partial charge in [-0.1, -0.05) is 18.7 Å². The van der Waals surface area contributed by atoms with E-state index in [4.69, 9.17) is 4.74 Å². The highest BCUT2D eigenvalue weighted by atomic mass is 32.2. The average molecular weight is 403 g/mol. The van der Waals surface area contributed by atoms with E-state index in [0.29, 0.717) is 17.9 Å². The van der Waals surface area contributed by atoms with Crippen LogP contribution in [-0.4, -0.2) is 22.9 Å². The predicted octanol–water partition coefficient (Wildman–Crippen LogP) is 4.85. The van der Waals surface area contributed by atoms with Gasteiger partial charge in [0.25, 0.3) is 5.69 Å². The van der Waals surface area contributed by atoms with Crippen LogP contribution in [0.15, 0.2) is 40.7 Å². The minimum atomic E-state index is -0.419. The van der Waals surface area contributed by atoms with Crippen molar-refractivity contribution in [1.29, 1.82) is 0 Å². The molecule has 0 spiro atoms. The zero-order valence-electron chi connectivity index (χ0n) is 14.7. The van der Waals surface area contributed by atoms with Crippen molar-refractivity contribution < 1.29 is 14.5 Å². The minimum absolute atomic E-state index is 0.0343. The molecule has 0 fully saturated rings. The molecule has 7 nitrogen and oxygen atoms in total. The third-order valence-electron chi connectivity index (χ3n) is 3.80. The molecule has 1 heterocycles. The second kappa shape index (κ2) is 8.36. The Bertz CT molecular complexity index is 1000. The van der Waals surface area contributed by atoms with E-state index in [2.05, 4.69) is 10.3 Å². The Hall–Kier alpha value is -2.65. The molecule has 27 heavy (non-hydrogen) atoms. The van der Waals surface area contributed by atoms with Gasteiger partial charge >= 0.3 is 0 Å². The number of fused-ring (bicyclic) bond motifs is 1. The molecule has 2 aromatic carbocycles. The number of carbonyl (C=O) groups excluding carboxylic acids is 1. The van der Waals surface area contributed by atoms with E-state index < -0.39 is 4.92 Å². The monoisotopic (exact) mass is 403 g/mol. The zero-order valence-corrected chi connectivity index (χ0v) is 16.4. The Balaban J connectivity index is 1.78. The fourth-order valence-electron chi connectivity index (χ4n) is 2.42. The zero-order chi connectivity index (χ0) is 19.4. The van der Waals surface area contributed by atoms with Gasteiger partial charge in [-0.25, -0.2) is 4.98 Å². The normalized spacial score (nSPS) is 10.7. The van der Waals surface area contributed by atoms with Crippen LogP contribution >= 0.6 is 23.1 Å². The molecule has 0 radical (unpaired) electrons. The number of rotatable bonds is 7. The van der Waals surface area contributed by atoms with Crippen LogP contribution in [0, 0.1) is 10.1 Å². The number of hydrogen-bond donors (Lipinski definition) is 1. The Morgan fingerprint density at radius 3 is 2.85 bits per heavy atom. The molecule has 3 aromatic rings. The Morgan fingerprint density at radius 1 is 1.33 bits per heavy atom. The number of nitrogens with one attached hydrogen (secondary N) is 1. The number of thiazole rings is 1. The molecule has 9 heteroatoms. The van der Waals surface area contributed by atoms with Crippen molar-refractivity contribution in [3.63, 3.8) is 0 Å². The quantitative estimate of drug-likeness (QED) is 0.344. The van der Waals surface area contributed by atoms with Crippen LogP contribution in [0.2, 0.25) is 0 Å². The SMILES string of the molecule is CCC(=O)Nc1ccc2nc(SCc3cc([N+](=O)[O-])ccc3OC)sc2c1. The van der Waals surface area contributed by atoms with Crippen molar-refractivity contribution in [1.82, 2.24) is 4.98 Å². The minimum Gasteiger partial charge on any atom is -0.496 e. The first-order valence-electron chi connectivity index (χ1n) is 8.14. The van der Waals surface area contributed by atoms with Crippen LogP contribution in [0.3, 0.4) is 0 Å². The van der Waals surface area contributed by atoms with Gasteiger partial charge < -0.3 is 10.1 Å². The van der Waals surface area contributed by atoms with Crippen LogP contribution < -0.4 is 10.1 Å². The summed E-state index contributed by atoms with van der Waals surface area (Å²) in [5.74, 6) is 1.08. The molecule has 1 aromatic heterocycles. The molecular formula is C18H17N3O4S2. The van der Waals surface area contributed by atoms with Gasteiger partial charge in [-0.2, -0.15) is 0 Å². The first-order valence-corrected chi connectivity index (χ1v) is 9.95. The van der Waals surface area contributed by atoms with E-state index >= 15 is 0 Å². The smallest absolute Gasteiger partial charge is 0.270 e. The molecule has 3 rings (SSSR count). The molecule has 0 aliphatic carbocycles. The molecule has 0 aliphatic heterocycles. The summed E-state index contributed by atoms with van der Waals surface area (Å²) in [7, 11) is 1.54. The van der Waals surface area contributed by atoms with E-state index in [0.717, 1.165) is 25.8 Å². The number of nitro benzene ring substituents is 1. The van der Waals surface area contributed by atoms with E-state index in [1.54, 1.807) is 20.1 Å². The highest BCUT2D eigenvalue weighted by molar-refractivity contribution is 8.00. The van der Waals surface area contributed by atoms with Gasteiger partial charge in [0.05, 0.1) is 22.2 Å². The van der Waals surface area contributed by atoms with E-state index in [1.807, 2.05) is 18.2 Å². The first-order chi connectivity index (χ1) is 13.0. The summed E-state index contributed by atoms with van der Waals surface area (Å²) in [5.41, 5.74) is 2.37. The maximum atomic E-state index is 11.5. The van der Waals surface area contributed by atoms with Crippen molar-refractivity contribution in [2.45, 2.75) is 23.4 Å². The Kier molecular flexibility index (Phi) is 5.92. The van der Waals surface area contributed by atoms with Gasteiger partial charge in [0.1, 0.15) is 5.75 Å². The molecule has 0 saturated heterocycles. The second-order valence-corrected chi connectivity index (χ2v) is 7.86. The van der Waals surface area contributed by atoms with Gasteiger partial charge in [-0.3, -0.25) is 14.9 Å². The summed E-state index contributed by atoms with van der Waals surface area (Å²) in [4.78, 5) is 26.7. The van der Waals surface area contributed by atoms with Gasteiger partial charge in [0.15, 0.2) is 4.34 Å². The second-order valence-electron chi connectivity index (χ2n) is 5.61. The van der Waals surface area contributed by atoms with Crippen molar-refractivity contribution in [2.75, 3.05) is 12.4 Å².